The van der Waals surface area contributed by atoms with E-state index in [1.807, 2.05) is 43.3 Å². The molecule has 1 aromatic heterocycles. The number of hydrogen-bond acceptors (Lipinski definition) is 5. The van der Waals surface area contributed by atoms with Crippen LogP contribution in [-0.2, 0) is 0 Å². The summed E-state index contributed by atoms with van der Waals surface area (Å²) in [5.74, 6) is 1.96. The Morgan fingerprint density at radius 1 is 1.11 bits per heavy atom. The highest BCUT2D eigenvalue weighted by Crippen LogP contribution is 2.38. The summed E-state index contributed by atoms with van der Waals surface area (Å²) in [4.78, 5) is 9.45. The number of aliphatic hydroxyl groups is 1. The smallest absolute Gasteiger partial charge is 0.145 e. The van der Waals surface area contributed by atoms with Crippen LogP contribution in [0.25, 0.3) is 16.6 Å². The van der Waals surface area contributed by atoms with E-state index in [1.165, 1.54) is 0 Å². The van der Waals surface area contributed by atoms with Gasteiger partial charge in [-0.25, -0.2) is 4.98 Å². The van der Waals surface area contributed by atoms with Gasteiger partial charge in [0.2, 0.25) is 0 Å². The van der Waals surface area contributed by atoms with Crippen molar-refractivity contribution in [3.8, 4) is 11.5 Å². The summed E-state index contributed by atoms with van der Waals surface area (Å²) in [7, 11) is 3.15. The molecule has 0 saturated heterocycles. The second-order valence-electron chi connectivity index (χ2n) is 6.33. The number of ether oxygens (including phenoxy) is 2. The van der Waals surface area contributed by atoms with Crippen LogP contribution < -0.4 is 14.4 Å². The molecule has 1 atom stereocenters. The molecule has 0 bridgehead atoms. The van der Waals surface area contributed by atoms with Crippen LogP contribution in [0.4, 0.5) is 5.69 Å². The largest absolute Gasteiger partial charge is 0.509 e. The molecule has 3 aromatic rings. The topological polar surface area (TPSA) is 94.5 Å². The van der Waals surface area contributed by atoms with Crippen molar-refractivity contribution in [1.82, 2.24) is 9.97 Å². The summed E-state index contributed by atoms with van der Waals surface area (Å²) in [6.45, 7) is 1.84. The average Bonchev–Trinajstić information content (AvgIpc) is 3.19. The fourth-order valence-corrected chi connectivity index (χ4v) is 3.36. The number of aliphatic hydroxyl groups excluding tert-OH is 1. The van der Waals surface area contributed by atoms with Crippen LogP contribution in [0, 0.1) is 5.41 Å². The zero-order valence-electron chi connectivity index (χ0n) is 15.3. The number of para-hydroxylation sites is 2. The van der Waals surface area contributed by atoms with Gasteiger partial charge < -0.3 is 24.5 Å². The Morgan fingerprint density at radius 3 is 2.41 bits per heavy atom. The third-order valence-electron chi connectivity index (χ3n) is 4.76. The summed E-state index contributed by atoms with van der Waals surface area (Å²) in [6, 6.07) is 12.6. The van der Waals surface area contributed by atoms with Crippen LogP contribution in [0.5, 0.6) is 11.5 Å². The number of imidazole rings is 1. The van der Waals surface area contributed by atoms with Crippen LogP contribution in [-0.4, -0.2) is 41.2 Å². The molecule has 0 aliphatic carbocycles. The maximum atomic E-state index is 10.8. The number of fused-ring (bicyclic) bond motifs is 1. The maximum Gasteiger partial charge on any atom is 0.145 e. The first-order valence-electron chi connectivity index (χ1n) is 8.53. The van der Waals surface area contributed by atoms with E-state index >= 15 is 0 Å². The van der Waals surface area contributed by atoms with Gasteiger partial charge in [0, 0.05) is 18.2 Å². The molecule has 0 radical (unpaired) electrons. The van der Waals surface area contributed by atoms with Crippen molar-refractivity contribution in [3.05, 3.63) is 54.0 Å². The van der Waals surface area contributed by atoms with Gasteiger partial charge >= 0.3 is 0 Å². The highest BCUT2D eigenvalue weighted by molar-refractivity contribution is 6.31. The number of nitrogens with zero attached hydrogens (tertiary/aromatic N) is 2. The van der Waals surface area contributed by atoms with Gasteiger partial charge in [-0.3, -0.25) is 5.41 Å². The van der Waals surface area contributed by atoms with Crippen molar-refractivity contribution in [2.45, 2.75) is 13.0 Å². The number of aromatic amines is 1. The van der Waals surface area contributed by atoms with Crippen molar-refractivity contribution >= 4 is 28.1 Å². The van der Waals surface area contributed by atoms with Crippen molar-refractivity contribution in [1.29, 1.82) is 5.41 Å². The summed E-state index contributed by atoms with van der Waals surface area (Å²) < 4.78 is 10.7. The number of nitrogens with one attached hydrogen (secondary N) is 2. The first-order valence-corrected chi connectivity index (χ1v) is 8.53. The Hall–Kier alpha value is -3.48. The van der Waals surface area contributed by atoms with Crippen molar-refractivity contribution in [3.63, 3.8) is 0 Å². The standard InChI is InChI=1S/C20H20N4O3/c1-11-18(25)17(20-22-15-6-4-5-7-16(15)23-20)19(21)24(11)12-8-13(26-2)10-14(9-12)27-3/h4-11,21,25H,1-3H3,(H,22,23)/t11-/m0/s1. The molecule has 2 aromatic carbocycles. The summed E-state index contributed by atoms with van der Waals surface area (Å²) >= 11 is 0. The Kier molecular flexibility index (Phi) is 3.99. The molecule has 7 nitrogen and oxygen atoms in total. The lowest BCUT2D eigenvalue weighted by molar-refractivity contribution is 0.382. The molecule has 0 unspecified atom stereocenters. The van der Waals surface area contributed by atoms with Crippen LogP contribution in [0.1, 0.15) is 12.7 Å². The lowest BCUT2D eigenvalue weighted by Crippen LogP contribution is -2.33. The van der Waals surface area contributed by atoms with Gasteiger partial charge in [-0.2, -0.15) is 0 Å². The Morgan fingerprint density at radius 2 is 1.78 bits per heavy atom. The first kappa shape index (κ1) is 17.0. The minimum atomic E-state index is -0.419. The van der Waals surface area contributed by atoms with Crippen molar-refractivity contribution in [2.24, 2.45) is 0 Å². The monoisotopic (exact) mass is 364 g/mol. The Labute approximate surface area is 156 Å². The third-order valence-corrected chi connectivity index (χ3v) is 4.76. The van der Waals surface area contributed by atoms with Gasteiger partial charge in [-0.05, 0) is 19.1 Å². The van der Waals surface area contributed by atoms with Crippen molar-refractivity contribution in [2.75, 3.05) is 19.1 Å². The van der Waals surface area contributed by atoms with E-state index in [4.69, 9.17) is 14.9 Å². The van der Waals surface area contributed by atoms with Gasteiger partial charge in [-0.15, -0.1) is 0 Å². The second-order valence-corrected chi connectivity index (χ2v) is 6.33. The molecular weight excluding hydrogens is 344 g/mol. The molecule has 27 heavy (non-hydrogen) atoms. The minimum absolute atomic E-state index is 0.0980. The molecule has 0 fully saturated rings. The quantitative estimate of drug-likeness (QED) is 0.656. The SMILES string of the molecule is COc1cc(OC)cc(N2C(=N)C(c3nc4ccccc4[nH]3)=C(O)[C@@H]2C)c1. The number of amidine groups is 1. The molecule has 3 N–H and O–H groups in total. The lowest BCUT2D eigenvalue weighted by Gasteiger charge is -2.25. The van der Waals surface area contributed by atoms with Crippen molar-refractivity contribution < 1.29 is 14.6 Å². The van der Waals surface area contributed by atoms with E-state index in [9.17, 15) is 5.11 Å². The average molecular weight is 364 g/mol. The Balaban J connectivity index is 1.78. The van der Waals surface area contributed by atoms with E-state index in [0.717, 1.165) is 11.0 Å². The molecule has 2 heterocycles. The van der Waals surface area contributed by atoms with Crippen LogP contribution in [0.3, 0.4) is 0 Å². The van der Waals surface area contributed by atoms with E-state index in [1.54, 1.807) is 25.2 Å². The molecule has 1 aliphatic heterocycles. The van der Waals surface area contributed by atoms with E-state index in [2.05, 4.69) is 9.97 Å². The molecule has 138 valence electrons. The number of anilines is 1. The van der Waals surface area contributed by atoms with Gasteiger partial charge in [0.1, 0.15) is 28.9 Å². The fraction of sp³-hybridized carbons (Fsp3) is 0.200. The highest BCUT2D eigenvalue weighted by atomic mass is 16.5. The van der Waals surface area contributed by atoms with Gasteiger partial charge in [-0.1, -0.05) is 12.1 Å². The molecule has 0 spiro atoms. The third kappa shape index (κ3) is 2.68. The summed E-state index contributed by atoms with van der Waals surface area (Å²) in [5.41, 5.74) is 2.73. The first-order chi connectivity index (χ1) is 13.0. The zero-order valence-corrected chi connectivity index (χ0v) is 15.3. The molecule has 7 heteroatoms. The van der Waals surface area contributed by atoms with Gasteiger partial charge in [0.15, 0.2) is 0 Å². The number of H-pyrrole nitrogens is 1. The number of hydrogen-bond donors (Lipinski definition) is 3. The second kappa shape index (κ2) is 6.35. The number of aromatic nitrogens is 2. The van der Waals surface area contributed by atoms with Gasteiger partial charge in [0.25, 0.3) is 0 Å². The van der Waals surface area contributed by atoms with Crippen LogP contribution in [0.15, 0.2) is 48.2 Å². The molecule has 1 aliphatic rings. The molecule has 0 saturated carbocycles. The van der Waals surface area contributed by atoms with E-state index in [-0.39, 0.29) is 11.6 Å². The molecular formula is C20H20N4O3. The summed E-state index contributed by atoms with van der Waals surface area (Å²) in [5, 5.41) is 19.5. The van der Waals surface area contributed by atoms with Crippen LogP contribution in [0.2, 0.25) is 0 Å². The Bertz CT molecular complexity index is 1010. The minimum Gasteiger partial charge on any atom is -0.509 e. The summed E-state index contributed by atoms with van der Waals surface area (Å²) in [6.07, 6.45) is 0. The highest BCUT2D eigenvalue weighted by Gasteiger charge is 2.37. The lowest BCUT2D eigenvalue weighted by atomic mass is 10.2. The molecule has 4 rings (SSSR count). The van der Waals surface area contributed by atoms with Gasteiger partial charge in [0.05, 0.1) is 42.6 Å². The predicted octanol–water partition coefficient (Wildman–Crippen LogP) is 3.74. The van der Waals surface area contributed by atoms with E-state index in [0.29, 0.717) is 28.6 Å². The number of benzene rings is 2. The number of rotatable bonds is 4. The zero-order chi connectivity index (χ0) is 19.1. The maximum absolute atomic E-state index is 10.8. The van der Waals surface area contributed by atoms with E-state index < -0.39 is 6.04 Å². The predicted molar refractivity (Wildman–Crippen MR) is 105 cm³/mol. The van der Waals surface area contributed by atoms with Crippen LogP contribution >= 0.6 is 0 Å². The fourth-order valence-electron chi connectivity index (χ4n) is 3.36. The number of methoxy groups -OCH3 is 2. The molecule has 0 amide bonds. The normalized spacial score (nSPS) is 17.1.